The molecule has 0 saturated heterocycles. The van der Waals surface area contributed by atoms with Crippen molar-refractivity contribution < 1.29 is 8.42 Å². The van der Waals surface area contributed by atoms with Gasteiger partial charge in [0.1, 0.15) is 10.7 Å². The van der Waals surface area contributed by atoms with E-state index in [0.29, 0.717) is 10.7 Å². The summed E-state index contributed by atoms with van der Waals surface area (Å²) in [6.45, 7) is 1.85. The van der Waals surface area contributed by atoms with Crippen LogP contribution in [0.2, 0.25) is 5.02 Å². The summed E-state index contributed by atoms with van der Waals surface area (Å²) in [4.78, 5) is 3.78. The Morgan fingerprint density at radius 1 is 1.26 bits per heavy atom. The Kier molecular flexibility index (Phi) is 3.64. The predicted molar refractivity (Wildman–Crippen MR) is 75.6 cm³/mol. The van der Waals surface area contributed by atoms with Gasteiger partial charge in [0.2, 0.25) is 0 Å². The number of hydrogen-bond acceptors (Lipinski definition) is 4. The fraction of sp³-hybridized carbons (Fsp3) is 0.0833. The van der Waals surface area contributed by atoms with Gasteiger partial charge in [0.15, 0.2) is 0 Å². The maximum Gasteiger partial charge on any atom is 0.263 e. The molecule has 3 N–H and O–H groups in total. The molecule has 1 aromatic carbocycles. The average Bonchev–Trinajstić information content (AvgIpc) is 2.34. The molecule has 1 heterocycles. The molecule has 5 nitrogen and oxygen atoms in total. The number of benzene rings is 1. The Morgan fingerprint density at radius 3 is 2.63 bits per heavy atom. The molecule has 0 unspecified atom stereocenters. The number of nitrogen functional groups attached to an aromatic ring is 1. The normalized spacial score (nSPS) is 11.3. The summed E-state index contributed by atoms with van der Waals surface area (Å²) in [6, 6.07) is 7.90. The molecule has 0 atom stereocenters. The van der Waals surface area contributed by atoms with E-state index in [2.05, 4.69) is 9.71 Å². The SMILES string of the molecule is Cc1ccc(Cl)c(NS(=O)(=O)c2ccc(N)nc2)c1. The van der Waals surface area contributed by atoms with Crippen LogP contribution in [-0.2, 0) is 10.0 Å². The molecule has 100 valence electrons. The van der Waals surface area contributed by atoms with Crippen LogP contribution in [0, 0.1) is 6.92 Å². The summed E-state index contributed by atoms with van der Waals surface area (Å²) < 4.78 is 26.7. The lowest BCUT2D eigenvalue weighted by molar-refractivity contribution is 0.601. The van der Waals surface area contributed by atoms with Gasteiger partial charge in [-0.05, 0) is 36.8 Å². The van der Waals surface area contributed by atoms with Crippen molar-refractivity contribution in [2.45, 2.75) is 11.8 Å². The van der Waals surface area contributed by atoms with Crippen LogP contribution in [-0.4, -0.2) is 13.4 Å². The summed E-state index contributed by atoms with van der Waals surface area (Å²) in [5, 5.41) is 0.331. The molecular weight excluding hydrogens is 286 g/mol. The molecule has 19 heavy (non-hydrogen) atoms. The highest BCUT2D eigenvalue weighted by molar-refractivity contribution is 7.92. The molecule has 0 saturated carbocycles. The Balaban J connectivity index is 2.36. The lowest BCUT2D eigenvalue weighted by Crippen LogP contribution is -2.13. The van der Waals surface area contributed by atoms with Crippen LogP contribution in [0.4, 0.5) is 11.5 Å². The fourth-order valence-corrected chi connectivity index (χ4v) is 2.71. The molecule has 0 bridgehead atoms. The third-order valence-corrected chi connectivity index (χ3v) is 4.12. The second-order valence-corrected chi connectivity index (χ2v) is 6.10. The van der Waals surface area contributed by atoms with Crippen LogP contribution in [0.5, 0.6) is 0 Å². The van der Waals surface area contributed by atoms with Crippen LogP contribution >= 0.6 is 11.6 Å². The highest BCUT2D eigenvalue weighted by Gasteiger charge is 2.16. The summed E-state index contributed by atoms with van der Waals surface area (Å²) in [6.07, 6.45) is 1.20. The lowest BCUT2D eigenvalue weighted by atomic mass is 10.2. The molecule has 2 aromatic rings. The minimum absolute atomic E-state index is 0.0271. The molecule has 0 aliphatic rings. The first-order valence-electron chi connectivity index (χ1n) is 5.39. The number of aryl methyl sites for hydroxylation is 1. The standard InChI is InChI=1S/C12H12ClN3O2S/c1-8-2-4-10(13)11(6-8)16-19(17,18)9-3-5-12(14)15-7-9/h2-7,16H,1H3,(H2,14,15). The Labute approximate surface area is 116 Å². The van der Waals surface area contributed by atoms with E-state index in [-0.39, 0.29) is 10.7 Å². The molecule has 0 fully saturated rings. The topological polar surface area (TPSA) is 85.1 Å². The highest BCUT2D eigenvalue weighted by atomic mass is 35.5. The highest BCUT2D eigenvalue weighted by Crippen LogP contribution is 2.25. The lowest BCUT2D eigenvalue weighted by Gasteiger charge is -2.10. The maximum absolute atomic E-state index is 12.1. The predicted octanol–water partition coefficient (Wildman–Crippen LogP) is 2.43. The summed E-state index contributed by atoms with van der Waals surface area (Å²) in [7, 11) is -3.72. The Hall–Kier alpha value is -1.79. The number of nitrogens with one attached hydrogen (secondary N) is 1. The van der Waals surface area contributed by atoms with E-state index in [1.54, 1.807) is 18.2 Å². The van der Waals surface area contributed by atoms with Gasteiger partial charge in [-0.15, -0.1) is 0 Å². The Bertz CT molecular complexity index is 699. The van der Waals surface area contributed by atoms with Crippen molar-refractivity contribution in [3.63, 3.8) is 0 Å². The first kappa shape index (κ1) is 13.6. The number of sulfonamides is 1. The van der Waals surface area contributed by atoms with Crippen molar-refractivity contribution >= 4 is 33.1 Å². The van der Waals surface area contributed by atoms with E-state index in [1.165, 1.54) is 18.3 Å². The molecule has 2 rings (SSSR count). The van der Waals surface area contributed by atoms with Gasteiger partial charge in [-0.3, -0.25) is 4.72 Å². The molecule has 7 heteroatoms. The van der Waals surface area contributed by atoms with Gasteiger partial charge in [0.25, 0.3) is 10.0 Å². The number of pyridine rings is 1. The molecule has 0 radical (unpaired) electrons. The molecule has 0 aliphatic heterocycles. The molecular formula is C12H12ClN3O2S. The third-order valence-electron chi connectivity index (χ3n) is 2.44. The van der Waals surface area contributed by atoms with Gasteiger partial charge in [0, 0.05) is 6.20 Å². The van der Waals surface area contributed by atoms with Crippen molar-refractivity contribution in [2.24, 2.45) is 0 Å². The number of halogens is 1. The number of anilines is 2. The molecule has 0 aliphatic carbocycles. The minimum atomic E-state index is -3.72. The van der Waals surface area contributed by atoms with E-state index in [9.17, 15) is 8.42 Å². The van der Waals surface area contributed by atoms with Crippen LogP contribution in [0.1, 0.15) is 5.56 Å². The first-order chi connectivity index (χ1) is 8.88. The fourth-order valence-electron chi connectivity index (χ4n) is 1.47. The number of aromatic nitrogens is 1. The zero-order chi connectivity index (χ0) is 14.0. The van der Waals surface area contributed by atoms with Crippen LogP contribution < -0.4 is 10.5 Å². The van der Waals surface area contributed by atoms with Crippen molar-refractivity contribution in [3.8, 4) is 0 Å². The average molecular weight is 298 g/mol. The minimum Gasteiger partial charge on any atom is -0.384 e. The summed E-state index contributed by atoms with van der Waals surface area (Å²) >= 11 is 5.95. The quantitative estimate of drug-likeness (QED) is 0.911. The second-order valence-electron chi connectivity index (χ2n) is 4.01. The largest absolute Gasteiger partial charge is 0.384 e. The number of hydrogen-bond donors (Lipinski definition) is 2. The van der Waals surface area contributed by atoms with Gasteiger partial charge in [0.05, 0.1) is 10.7 Å². The van der Waals surface area contributed by atoms with Gasteiger partial charge in [-0.1, -0.05) is 17.7 Å². The molecule has 0 amide bonds. The van der Waals surface area contributed by atoms with Gasteiger partial charge >= 0.3 is 0 Å². The van der Waals surface area contributed by atoms with Crippen LogP contribution in [0.25, 0.3) is 0 Å². The van der Waals surface area contributed by atoms with Crippen molar-refractivity contribution in [1.82, 2.24) is 4.98 Å². The van der Waals surface area contributed by atoms with Crippen molar-refractivity contribution in [1.29, 1.82) is 0 Å². The van der Waals surface area contributed by atoms with E-state index >= 15 is 0 Å². The van der Waals surface area contributed by atoms with Gasteiger partial charge < -0.3 is 5.73 Å². The van der Waals surface area contributed by atoms with Gasteiger partial charge in [-0.25, -0.2) is 13.4 Å². The number of nitrogens with zero attached hydrogens (tertiary/aromatic N) is 1. The van der Waals surface area contributed by atoms with Crippen LogP contribution in [0.15, 0.2) is 41.4 Å². The first-order valence-corrected chi connectivity index (χ1v) is 7.25. The van der Waals surface area contributed by atoms with Crippen molar-refractivity contribution in [3.05, 3.63) is 47.1 Å². The van der Waals surface area contributed by atoms with E-state index in [1.807, 2.05) is 6.92 Å². The smallest absolute Gasteiger partial charge is 0.263 e. The Morgan fingerprint density at radius 2 is 2.00 bits per heavy atom. The monoisotopic (exact) mass is 297 g/mol. The van der Waals surface area contributed by atoms with Crippen LogP contribution in [0.3, 0.4) is 0 Å². The molecule has 0 spiro atoms. The number of rotatable bonds is 3. The summed E-state index contributed by atoms with van der Waals surface area (Å²) in [5.41, 5.74) is 6.65. The zero-order valence-electron chi connectivity index (χ0n) is 10.1. The van der Waals surface area contributed by atoms with E-state index in [0.717, 1.165) is 5.56 Å². The number of nitrogens with two attached hydrogens (primary N) is 1. The van der Waals surface area contributed by atoms with Gasteiger partial charge in [-0.2, -0.15) is 0 Å². The summed E-state index contributed by atoms with van der Waals surface area (Å²) in [5.74, 6) is 0.257. The maximum atomic E-state index is 12.1. The second kappa shape index (κ2) is 5.07. The molecule has 1 aromatic heterocycles. The van der Waals surface area contributed by atoms with Crippen molar-refractivity contribution in [2.75, 3.05) is 10.5 Å². The van der Waals surface area contributed by atoms with E-state index in [4.69, 9.17) is 17.3 Å². The zero-order valence-corrected chi connectivity index (χ0v) is 11.7. The third kappa shape index (κ3) is 3.15. The van der Waals surface area contributed by atoms with E-state index < -0.39 is 10.0 Å².